The normalized spacial score (nSPS) is 22.5. The summed E-state index contributed by atoms with van der Waals surface area (Å²) < 4.78 is 0. The van der Waals surface area contributed by atoms with Gasteiger partial charge < -0.3 is 21.7 Å². The van der Waals surface area contributed by atoms with Crippen molar-refractivity contribution in [1.29, 1.82) is 0 Å². The van der Waals surface area contributed by atoms with Gasteiger partial charge in [0.05, 0.1) is 11.4 Å². The van der Waals surface area contributed by atoms with Crippen LogP contribution < -0.4 is 11.5 Å². The molecule has 0 bridgehead atoms. The highest BCUT2D eigenvalue weighted by Gasteiger charge is 2.46. The number of hydrogen-bond acceptors (Lipinski definition) is 4. The van der Waals surface area contributed by atoms with E-state index in [1.807, 2.05) is 18.2 Å². The van der Waals surface area contributed by atoms with Crippen LogP contribution in [0.4, 0.5) is 11.4 Å². The van der Waals surface area contributed by atoms with Gasteiger partial charge in [-0.15, -0.1) is 0 Å². The molecule has 2 aromatic carbocycles. The average Bonchev–Trinajstić information content (AvgIpc) is 2.62. The molecule has 6 N–H and O–H groups in total. The first-order valence-electron chi connectivity index (χ1n) is 7.37. The second-order valence-corrected chi connectivity index (χ2v) is 7.12. The van der Waals surface area contributed by atoms with E-state index in [1.54, 1.807) is 12.1 Å². The smallest absolute Gasteiger partial charge is 0.138 e. The molecule has 0 saturated carbocycles. The van der Waals surface area contributed by atoms with Gasteiger partial charge in [-0.1, -0.05) is 26.8 Å². The Kier molecular flexibility index (Phi) is 2.86. The quantitative estimate of drug-likeness (QED) is 0.480. The second kappa shape index (κ2) is 4.32. The molecule has 0 spiro atoms. The molecule has 0 aliphatic heterocycles. The highest BCUT2D eigenvalue weighted by Crippen LogP contribution is 2.54. The number of anilines is 2. The van der Waals surface area contributed by atoms with E-state index in [9.17, 15) is 10.2 Å². The maximum Gasteiger partial charge on any atom is 0.138 e. The Bertz CT molecular complexity index is 768. The van der Waals surface area contributed by atoms with E-state index in [0.29, 0.717) is 11.4 Å². The predicted octanol–water partition coefficient (Wildman–Crippen LogP) is 3.25. The molecule has 116 valence electrons. The number of aromatic hydroxyl groups is 2. The van der Waals surface area contributed by atoms with Crippen molar-refractivity contribution < 1.29 is 10.2 Å². The van der Waals surface area contributed by atoms with Crippen LogP contribution in [0.15, 0.2) is 30.3 Å². The van der Waals surface area contributed by atoms with Gasteiger partial charge in [-0.3, -0.25) is 0 Å². The zero-order valence-electron chi connectivity index (χ0n) is 13.1. The van der Waals surface area contributed by atoms with Crippen LogP contribution in [0.5, 0.6) is 11.5 Å². The summed E-state index contributed by atoms with van der Waals surface area (Å²) in [4.78, 5) is 0. The lowest BCUT2D eigenvalue weighted by Gasteiger charge is -2.29. The van der Waals surface area contributed by atoms with Crippen molar-refractivity contribution in [2.45, 2.75) is 38.0 Å². The third-order valence-electron chi connectivity index (χ3n) is 4.95. The zero-order valence-corrected chi connectivity index (χ0v) is 13.1. The molecule has 4 heteroatoms. The van der Waals surface area contributed by atoms with Gasteiger partial charge in [0.1, 0.15) is 11.5 Å². The Labute approximate surface area is 130 Å². The summed E-state index contributed by atoms with van der Waals surface area (Å²) in [5, 5.41) is 19.7. The van der Waals surface area contributed by atoms with E-state index in [4.69, 9.17) is 11.5 Å². The van der Waals surface area contributed by atoms with Crippen molar-refractivity contribution in [3.05, 3.63) is 47.0 Å². The number of phenols is 2. The molecule has 0 fully saturated rings. The van der Waals surface area contributed by atoms with Crippen LogP contribution in [0, 0.1) is 0 Å². The van der Waals surface area contributed by atoms with Crippen LogP contribution in [0.1, 0.15) is 43.9 Å². The number of nitrogen functional groups attached to an aromatic ring is 2. The number of benzene rings is 2. The largest absolute Gasteiger partial charge is 0.506 e. The van der Waals surface area contributed by atoms with Crippen molar-refractivity contribution in [3.8, 4) is 11.5 Å². The van der Waals surface area contributed by atoms with Crippen LogP contribution >= 0.6 is 0 Å². The van der Waals surface area contributed by atoms with Crippen molar-refractivity contribution in [3.63, 3.8) is 0 Å². The Hall–Kier alpha value is -2.36. The lowest BCUT2D eigenvalue weighted by molar-refractivity contribution is 0.423. The molecule has 0 radical (unpaired) electrons. The molecular weight excluding hydrogens is 276 g/mol. The number of rotatable bonds is 1. The summed E-state index contributed by atoms with van der Waals surface area (Å²) in [6.07, 6.45) is 0.877. The summed E-state index contributed by atoms with van der Waals surface area (Å²) in [7, 11) is 0. The second-order valence-electron chi connectivity index (χ2n) is 7.12. The minimum Gasteiger partial charge on any atom is -0.506 e. The highest BCUT2D eigenvalue weighted by molar-refractivity contribution is 5.65. The van der Waals surface area contributed by atoms with Crippen LogP contribution in [-0.4, -0.2) is 10.2 Å². The van der Waals surface area contributed by atoms with Gasteiger partial charge in [-0.25, -0.2) is 0 Å². The Morgan fingerprint density at radius 3 is 2.14 bits per heavy atom. The summed E-state index contributed by atoms with van der Waals surface area (Å²) in [5.41, 5.74) is 15.4. The predicted molar refractivity (Wildman–Crippen MR) is 89.1 cm³/mol. The molecule has 3 rings (SSSR count). The molecule has 1 unspecified atom stereocenters. The zero-order chi connectivity index (χ0) is 16.3. The number of nitrogens with two attached hydrogens (primary N) is 2. The van der Waals surface area contributed by atoms with Gasteiger partial charge >= 0.3 is 0 Å². The minimum atomic E-state index is -0.286. The lowest BCUT2D eigenvalue weighted by Crippen LogP contribution is -2.23. The summed E-state index contributed by atoms with van der Waals surface area (Å²) in [6, 6.07) is 8.97. The Morgan fingerprint density at radius 2 is 1.50 bits per heavy atom. The van der Waals surface area contributed by atoms with Crippen molar-refractivity contribution in [2.24, 2.45) is 0 Å². The summed E-state index contributed by atoms with van der Waals surface area (Å²) in [6.45, 7) is 6.50. The minimum absolute atomic E-state index is 0.0570. The summed E-state index contributed by atoms with van der Waals surface area (Å²) >= 11 is 0. The highest BCUT2D eigenvalue weighted by atomic mass is 16.3. The number of fused-ring (bicyclic) bond motifs is 1. The first-order chi connectivity index (χ1) is 10.1. The van der Waals surface area contributed by atoms with Crippen LogP contribution in [0.2, 0.25) is 0 Å². The maximum atomic E-state index is 10.0. The van der Waals surface area contributed by atoms with Gasteiger partial charge in [-0.05, 0) is 52.8 Å². The van der Waals surface area contributed by atoms with Gasteiger partial charge in [0.25, 0.3) is 0 Å². The molecule has 1 aliphatic rings. The molecule has 22 heavy (non-hydrogen) atoms. The number of phenolic OH excluding ortho intramolecular Hbond substituents is 2. The Morgan fingerprint density at radius 1 is 0.864 bits per heavy atom. The molecule has 0 aromatic heterocycles. The molecule has 1 aliphatic carbocycles. The summed E-state index contributed by atoms with van der Waals surface area (Å²) in [5.74, 6) is 0.194. The molecule has 0 amide bonds. The monoisotopic (exact) mass is 298 g/mol. The number of hydrogen-bond donors (Lipinski definition) is 4. The van der Waals surface area contributed by atoms with Crippen molar-refractivity contribution in [2.75, 3.05) is 11.5 Å². The Balaban J connectivity index is 2.25. The van der Waals surface area contributed by atoms with E-state index in [-0.39, 0.29) is 22.3 Å². The molecular formula is C18H22N2O2. The van der Waals surface area contributed by atoms with E-state index >= 15 is 0 Å². The van der Waals surface area contributed by atoms with Crippen LogP contribution in [0.3, 0.4) is 0 Å². The topological polar surface area (TPSA) is 92.5 Å². The van der Waals surface area contributed by atoms with Crippen molar-refractivity contribution >= 4 is 11.4 Å². The van der Waals surface area contributed by atoms with Crippen LogP contribution in [0.25, 0.3) is 0 Å². The molecule has 1 atom stereocenters. The van der Waals surface area contributed by atoms with E-state index in [0.717, 1.165) is 23.1 Å². The fraction of sp³-hybridized carbons (Fsp3) is 0.333. The van der Waals surface area contributed by atoms with E-state index < -0.39 is 0 Å². The lowest BCUT2D eigenvalue weighted by atomic mass is 9.75. The molecule has 0 saturated heterocycles. The fourth-order valence-corrected chi connectivity index (χ4v) is 3.85. The van der Waals surface area contributed by atoms with Gasteiger partial charge in [-0.2, -0.15) is 0 Å². The third-order valence-corrected chi connectivity index (χ3v) is 4.95. The SMILES string of the molecule is CC1(C)CC(C)(c2ccc(O)c(N)c2)c2cc(O)c(N)cc21. The van der Waals surface area contributed by atoms with Gasteiger partial charge in [0.2, 0.25) is 0 Å². The van der Waals surface area contributed by atoms with E-state index in [1.165, 1.54) is 0 Å². The fourth-order valence-electron chi connectivity index (χ4n) is 3.85. The maximum absolute atomic E-state index is 10.0. The van der Waals surface area contributed by atoms with Crippen LogP contribution in [-0.2, 0) is 10.8 Å². The molecule has 4 nitrogen and oxygen atoms in total. The van der Waals surface area contributed by atoms with Gasteiger partial charge in [0, 0.05) is 5.41 Å². The third kappa shape index (κ3) is 1.90. The van der Waals surface area contributed by atoms with Crippen molar-refractivity contribution in [1.82, 2.24) is 0 Å². The molecule has 0 heterocycles. The van der Waals surface area contributed by atoms with E-state index in [2.05, 4.69) is 20.8 Å². The molecule has 2 aromatic rings. The standard InChI is InChI=1S/C18H22N2O2/c1-17(2)9-18(3,10-4-5-15(21)13(19)6-10)12-8-16(22)14(20)7-11(12)17/h4-8,21-22H,9,19-20H2,1-3H3. The van der Waals surface area contributed by atoms with Gasteiger partial charge in [0.15, 0.2) is 0 Å². The first-order valence-corrected chi connectivity index (χ1v) is 7.37. The first kappa shape index (κ1) is 14.6. The average molecular weight is 298 g/mol.